The second-order valence-electron chi connectivity index (χ2n) is 6.87. The van der Waals surface area contributed by atoms with E-state index < -0.39 is 44.8 Å². The molecule has 0 spiro atoms. The molecule has 25 heavy (non-hydrogen) atoms. The van der Waals surface area contributed by atoms with Gasteiger partial charge in [0, 0.05) is 27.4 Å². The summed E-state index contributed by atoms with van der Waals surface area (Å²) in [6.45, 7) is 0.865. The van der Waals surface area contributed by atoms with E-state index in [1.807, 2.05) is 0 Å². The number of benzene rings is 1. The van der Waals surface area contributed by atoms with Crippen LogP contribution in [0.25, 0.3) is 0 Å². The van der Waals surface area contributed by atoms with Gasteiger partial charge >= 0.3 is 5.54 Å². The minimum Gasteiger partial charge on any atom is -0.300 e. The summed E-state index contributed by atoms with van der Waals surface area (Å²) in [5, 5.41) is 24.2. The van der Waals surface area contributed by atoms with E-state index >= 15 is 0 Å². The van der Waals surface area contributed by atoms with Crippen LogP contribution in [0.2, 0.25) is 0 Å². The molecule has 1 saturated heterocycles. The molecule has 1 aliphatic carbocycles. The molecule has 0 N–H and O–H groups in total. The number of likely N-dealkylation sites (N-methyl/N-ethyl adjacent to an activating group) is 1. The van der Waals surface area contributed by atoms with Crippen LogP contribution in [0.5, 0.6) is 0 Å². The van der Waals surface area contributed by atoms with E-state index in [1.54, 1.807) is 6.07 Å². The predicted octanol–water partition coefficient (Wildman–Crippen LogP) is 0.911. The van der Waals surface area contributed by atoms with E-state index in [4.69, 9.17) is 0 Å². The summed E-state index contributed by atoms with van der Waals surface area (Å²) < 4.78 is 0. The van der Waals surface area contributed by atoms with E-state index in [0.717, 1.165) is 0 Å². The minimum absolute atomic E-state index is 0.00352. The van der Waals surface area contributed by atoms with Gasteiger partial charge in [0.1, 0.15) is 11.7 Å². The first-order valence-electron chi connectivity index (χ1n) is 7.79. The molecular formula is C16H17N3O6. The van der Waals surface area contributed by atoms with Crippen molar-refractivity contribution in [3.63, 3.8) is 0 Å². The van der Waals surface area contributed by atoms with Crippen molar-refractivity contribution in [1.29, 1.82) is 0 Å². The van der Waals surface area contributed by atoms with Gasteiger partial charge in [-0.3, -0.25) is 29.9 Å². The molecule has 3 rings (SSSR count). The second kappa shape index (κ2) is 5.41. The van der Waals surface area contributed by atoms with Crippen molar-refractivity contribution in [2.24, 2.45) is 5.92 Å². The van der Waals surface area contributed by atoms with Gasteiger partial charge in [0.05, 0.1) is 13.1 Å². The Hall–Kier alpha value is -2.68. The molecule has 0 radical (unpaired) electrons. The van der Waals surface area contributed by atoms with Gasteiger partial charge in [0.2, 0.25) is 5.78 Å². The van der Waals surface area contributed by atoms with Crippen molar-refractivity contribution in [1.82, 2.24) is 4.90 Å². The zero-order chi connectivity index (χ0) is 18.6. The zero-order valence-electron chi connectivity index (χ0n) is 13.8. The van der Waals surface area contributed by atoms with E-state index in [0.29, 0.717) is 0 Å². The molecular weight excluding hydrogens is 330 g/mol. The van der Waals surface area contributed by atoms with Gasteiger partial charge in [-0.25, -0.2) is 0 Å². The molecule has 1 aromatic rings. The van der Waals surface area contributed by atoms with Crippen LogP contribution in [-0.4, -0.2) is 52.0 Å². The maximum absolute atomic E-state index is 13.1. The number of nitro groups is 2. The lowest BCUT2D eigenvalue weighted by atomic mass is 9.56. The Kier molecular flexibility index (Phi) is 3.72. The van der Waals surface area contributed by atoms with Crippen molar-refractivity contribution in [2.45, 2.75) is 24.4 Å². The van der Waals surface area contributed by atoms with Crippen LogP contribution < -0.4 is 0 Å². The number of hydrogen-bond donors (Lipinski definition) is 0. The average Bonchev–Trinajstić information content (AvgIpc) is 2.53. The van der Waals surface area contributed by atoms with Crippen LogP contribution in [0.3, 0.4) is 0 Å². The Morgan fingerprint density at radius 3 is 2.32 bits per heavy atom. The Balaban J connectivity index is 2.43. The highest BCUT2D eigenvalue weighted by Gasteiger charge is 2.77. The molecule has 132 valence electrons. The van der Waals surface area contributed by atoms with Crippen molar-refractivity contribution >= 4 is 11.6 Å². The number of hydrogen-bond acceptors (Lipinski definition) is 7. The number of carbonyl (C=O) groups is 2. The summed E-state index contributed by atoms with van der Waals surface area (Å²) in [5.74, 6) is -2.51. The molecule has 1 heterocycles. The monoisotopic (exact) mass is 347 g/mol. The fraction of sp³-hybridized carbons (Fsp3) is 0.500. The molecule has 9 nitrogen and oxygen atoms in total. The lowest BCUT2D eigenvalue weighted by molar-refractivity contribution is -0.640. The molecule has 9 heteroatoms. The Bertz CT molecular complexity index is 809. The number of fused-ring (bicyclic) bond motifs is 4. The van der Waals surface area contributed by atoms with Gasteiger partial charge in [0.25, 0.3) is 5.54 Å². The van der Waals surface area contributed by atoms with Crippen LogP contribution in [0.15, 0.2) is 24.3 Å². The quantitative estimate of drug-likeness (QED) is 0.585. The lowest BCUT2D eigenvalue weighted by Crippen LogP contribution is -2.75. The van der Waals surface area contributed by atoms with Gasteiger partial charge in [-0.2, -0.15) is 0 Å². The summed E-state index contributed by atoms with van der Waals surface area (Å²) in [7, 11) is 1.52. The highest BCUT2D eigenvalue weighted by molar-refractivity contribution is 6.06. The minimum atomic E-state index is -2.21. The van der Waals surface area contributed by atoms with Crippen molar-refractivity contribution in [2.75, 3.05) is 20.1 Å². The van der Waals surface area contributed by atoms with Crippen LogP contribution in [0.4, 0.5) is 0 Å². The van der Waals surface area contributed by atoms with E-state index in [1.165, 1.54) is 37.1 Å². The molecule has 1 fully saturated rings. The predicted molar refractivity (Wildman–Crippen MR) is 85.5 cm³/mol. The first kappa shape index (κ1) is 17.2. The zero-order valence-corrected chi connectivity index (χ0v) is 13.8. The number of piperidine rings is 1. The van der Waals surface area contributed by atoms with Gasteiger partial charge in [0.15, 0.2) is 0 Å². The topological polar surface area (TPSA) is 124 Å². The SMILES string of the molecule is CC(=O)C[C@H]1[C@]2([N+](=O)[O-])CN(C)C[C@@]1([N+](=O)[O-])c1ccccc1C2=O. The fourth-order valence-electron chi connectivity index (χ4n) is 4.47. The summed E-state index contributed by atoms with van der Waals surface area (Å²) >= 11 is 0. The third kappa shape index (κ3) is 2.05. The normalized spacial score (nSPS) is 31.3. The molecule has 2 aliphatic rings. The third-order valence-electron chi connectivity index (χ3n) is 5.35. The average molecular weight is 347 g/mol. The Labute approximate surface area is 142 Å². The highest BCUT2D eigenvalue weighted by atomic mass is 16.6. The Morgan fingerprint density at radius 1 is 1.20 bits per heavy atom. The smallest absolute Gasteiger partial charge is 0.300 e. The molecule has 3 atom stereocenters. The van der Waals surface area contributed by atoms with Crippen LogP contribution in [-0.2, 0) is 10.3 Å². The van der Waals surface area contributed by atoms with E-state index in [2.05, 4.69) is 0 Å². The molecule has 0 unspecified atom stereocenters. The molecule has 1 aliphatic heterocycles. The van der Waals surface area contributed by atoms with E-state index in [9.17, 15) is 29.8 Å². The van der Waals surface area contributed by atoms with Gasteiger partial charge < -0.3 is 4.79 Å². The van der Waals surface area contributed by atoms with Crippen molar-refractivity contribution in [3.8, 4) is 0 Å². The van der Waals surface area contributed by atoms with Crippen molar-refractivity contribution < 1.29 is 19.4 Å². The van der Waals surface area contributed by atoms with Crippen LogP contribution in [0.1, 0.15) is 29.3 Å². The Morgan fingerprint density at radius 2 is 1.76 bits per heavy atom. The fourth-order valence-corrected chi connectivity index (χ4v) is 4.47. The first-order chi connectivity index (χ1) is 11.7. The summed E-state index contributed by atoms with van der Waals surface area (Å²) in [5.41, 5.74) is -3.93. The number of likely N-dealkylation sites (tertiary alicyclic amines) is 1. The number of rotatable bonds is 4. The second-order valence-corrected chi connectivity index (χ2v) is 6.87. The summed E-state index contributed by atoms with van der Waals surface area (Å²) in [6.07, 6.45) is -0.393. The number of nitrogens with zero attached hydrogens (tertiary/aromatic N) is 3. The summed E-state index contributed by atoms with van der Waals surface area (Å²) in [4.78, 5) is 49.3. The van der Waals surface area contributed by atoms with Gasteiger partial charge in [-0.15, -0.1) is 0 Å². The van der Waals surface area contributed by atoms with Gasteiger partial charge in [-0.1, -0.05) is 24.3 Å². The molecule has 0 amide bonds. The van der Waals surface area contributed by atoms with Gasteiger partial charge in [-0.05, 0) is 14.0 Å². The molecule has 1 aromatic carbocycles. The largest absolute Gasteiger partial charge is 0.306 e. The molecule has 2 bridgehead atoms. The maximum Gasteiger partial charge on any atom is 0.306 e. The number of Topliss-reactive ketones (excluding diaryl/α,β-unsaturated/α-hetero) is 2. The van der Waals surface area contributed by atoms with E-state index in [-0.39, 0.29) is 24.2 Å². The van der Waals surface area contributed by atoms with Crippen LogP contribution in [0, 0.1) is 26.1 Å². The molecule has 0 aromatic heterocycles. The highest BCUT2D eigenvalue weighted by Crippen LogP contribution is 2.52. The number of ketones is 2. The summed E-state index contributed by atoms with van der Waals surface area (Å²) in [6, 6.07) is 5.95. The lowest BCUT2D eigenvalue weighted by Gasteiger charge is -2.50. The number of carbonyl (C=O) groups excluding carboxylic acids is 2. The third-order valence-corrected chi connectivity index (χ3v) is 5.35. The maximum atomic E-state index is 13.1. The molecule has 0 saturated carbocycles. The van der Waals surface area contributed by atoms with Crippen LogP contribution >= 0.6 is 0 Å². The standard InChI is InChI=1S/C16H17N3O6/c1-10(20)7-13-15(18(22)23)8-17(2)9-16(13,19(24)25)14(21)11-5-3-4-6-12(11)15/h3-6,13H,7-9H2,1-2H3/t13-,15-,16-/m1/s1. The van der Waals surface area contributed by atoms with Crippen molar-refractivity contribution in [3.05, 3.63) is 55.6 Å². The first-order valence-corrected chi connectivity index (χ1v) is 7.79.